The van der Waals surface area contributed by atoms with Crippen molar-refractivity contribution in [2.45, 2.75) is 13.8 Å². The highest BCUT2D eigenvalue weighted by Crippen LogP contribution is 2.17. The summed E-state index contributed by atoms with van der Waals surface area (Å²) in [6, 6.07) is 7.64. The number of hydrogen-bond donors (Lipinski definition) is 1. The smallest absolute Gasteiger partial charge is 0.238 e. The average molecular weight is 255 g/mol. The van der Waals surface area contributed by atoms with Crippen LogP contribution in [0.1, 0.15) is 12.5 Å². The predicted octanol–water partition coefficient (Wildman–Crippen LogP) is 4.21. The molecular weight excluding hydrogens is 238 g/mol. The van der Waals surface area contributed by atoms with E-state index in [9.17, 15) is 5.11 Å². The van der Waals surface area contributed by atoms with Gasteiger partial charge in [-0.3, -0.25) is 0 Å². The van der Waals surface area contributed by atoms with Crippen molar-refractivity contribution in [1.82, 2.24) is 4.90 Å². The second kappa shape index (κ2) is 6.00. The number of aryl methyl sites for hydroxylation is 1. The molecule has 0 aliphatic carbocycles. The van der Waals surface area contributed by atoms with Gasteiger partial charge in [-0.1, -0.05) is 17.7 Å². The van der Waals surface area contributed by atoms with E-state index in [2.05, 4.69) is 17.2 Å². The van der Waals surface area contributed by atoms with Crippen LogP contribution in [0.2, 0.25) is 0 Å². The Hall–Kier alpha value is -2.36. The summed E-state index contributed by atoms with van der Waals surface area (Å²) in [5.74, 6) is -0.0798. The van der Waals surface area contributed by atoms with Crippen LogP contribution in [0.5, 0.6) is 0 Å². The van der Waals surface area contributed by atoms with Gasteiger partial charge in [0, 0.05) is 24.5 Å². The number of azo groups is 1. The van der Waals surface area contributed by atoms with Gasteiger partial charge in [0.1, 0.15) is 0 Å². The molecule has 98 valence electrons. The normalized spacial score (nSPS) is 14.4. The fourth-order valence-corrected chi connectivity index (χ4v) is 1.59. The lowest BCUT2D eigenvalue weighted by Gasteiger charge is -2.15. The Morgan fingerprint density at radius 2 is 1.79 bits per heavy atom. The van der Waals surface area contributed by atoms with Gasteiger partial charge in [-0.2, -0.15) is 0 Å². The molecule has 4 heteroatoms. The summed E-state index contributed by atoms with van der Waals surface area (Å²) in [5.41, 5.74) is 2.54. The first-order valence-corrected chi connectivity index (χ1v) is 6.23. The SMILES string of the molecule is CCN1C=CC(=C(O)N=Nc2ccc(C)cc2)C=C1. The molecule has 1 aromatic carbocycles. The van der Waals surface area contributed by atoms with Crippen LogP contribution in [0, 0.1) is 6.92 Å². The predicted molar refractivity (Wildman–Crippen MR) is 76.0 cm³/mol. The minimum atomic E-state index is -0.0798. The van der Waals surface area contributed by atoms with E-state index in [0.717, 1.165) is 12.2 Å². The third-order valence-corrected chi connectivity index (χ3v) is 2.81. The molecule has 0 saturated heterocycles. The molecule has 4 nitrogen and oxygen atoms in total. The molecule has 1 aliphatic rings. The van der Waals surface area contributed by atoms with Crippen molar-refractivity contribution in [3.8, 4) is 0 Å². The van der Waals surface area contributed by atoms with E-state index in [4.69, 9.17) is 0 Å². The van der Waals surface area contributed by atoms with Crippen LogP contribution in [0.25, 0.3) is 0 Å². The summed E-state index contributed by atoms with van der Waals surface area (Å²) in [5, 5.41) is 17.7. The van der Waals surface area contributed by atoms with Crippen LogP contribution in [0.3, 0.4) is 0 Å². The molecule has 0 amide bonds. The van der Waals surface area contributed by atoms with E-state index in [1.54, 1.807) is 0 Å². The maximum absolute atomic E-state index is 9.85. The first-order chi connectivity index (χ1) is 9.19. The fourth-order valence-electron chi connectivity index (χ4n) is 1.59. The molecule has 1 aromatic rings. The Kier molecular flexibility index (Phi) is 4.13. The second-order valence-electron chi connectivity index (χ2n) is 4.28. The number of hydrogen-bond acceptors (Lipinski definition) is 4. The van der Waals surface area contributed by atoms with E-state index in [0.29, 0.717) is 5.57 Å². The molecule has 1 heterocycles. The minimum absolute atomic E-state index is 0.0798. The van der Waals surface area contributed by atoms with E-state index in [1.807, 2.05) is 60.6 Å². The molecule has 1 N–H and O–H groups in total. The summed E-state index contributed by atoms with van der Waals surface area (Å²) < 4.78 is 0. The van der Waals surface area contributed by atoms with Crippen LogP contribution >= 0.6 is 0 Å². The number of allylic oxidation sites excluding steroid dienone is 3. The molecule has 19 heavy (non-hydrogen) atoms. The Bertz CT molecular complexity index is 537. The van der Waals surface area contributed by atoms with Gasteiger partial charge in [-0.05, 0) is 38.1 Å². The number of benzene rings is 1. The van der Waals surface area contributed by atoms with E-state index in [-0.39, 0.29) is 5.88 Å². The monoisotopic (exact) mass is 255 g/mol. The zero-order valence-corrected chi connectivity index (χ0v) is 11.1. The van der Waals surface area contributed by atoms with Crippen LogP contribution in [0.4, 0.5) is 5.69 Å². The van der Waals surface area contributed by atoms with Gasteiger partial charge in [0.2, 0.25) is 5.88 Å². The average Bonchev–Trinajstić information content (AvgIpc) is 2.46. The number of nitrogens with zero attached hydrogens (tertiary/aromatic N) is 3. The number of aliphatic hydroxyl groups excluding tert-OH is 1. The Balaban J connectivity index is 2.11. The summed E-state index contributed by atoms with van der Waals surface area (Å²) in [6.45, 7) is 4.96. The standard InChI is InChI=1S/C15H17N3O/c1-3-18-10-8-13(9-11-18)15(19)17-16-14-6-4-12(2)5-7-14/h4-11,19H,3H2,1-2H3. The fraction of sp³-hybridized carbons (Fsp3) is 0.200. The lowest BCUT2D eigenvalue weighted by molar-refractivity contribution is 0.395. The Labute approximate surface area is 113 Å². The molecule has 0 radical (unpaired) electrons. The maximum atomic E-state index is 9.85. The van der Waals surface area contributed by atoms with Gasteiger partial charge in [0.05, 0.1) is 5.69 Å². The number of aliphatic hydroxyl groups is 1. The van der Waals surface area contributed by atoms with Crippen molar-refractivity contribution in [3.63, 3.8) is 0 Å². The van der Waals surface area contributed by atoms with E-state index < -0.39 is 0 Å². The molecule has 0 unspecified atom stereocenters. The van der Waals surface area contributed by atoms with Crippen LogP contribution in [-0.2, 0) is 0 Å². The van der Waals surface area contributed by atoms with Crippen LogP contribution < -0.4 is 0 Å². The summed E-state index contributed by atoms with van der Waals surface area (Å²) in [4.78, 5) is 2.01. The zero-order chi connectivity index (χ0) is 13.7. The van der Waals surface area contributed by atoms with Crippen molar-refractivity contribution in [2.24, 2.45) is 10.2 Å². The molecule has 0 saturated carbocycles. The zero-order valence-electron chi connectivity index (χ0n) is 11.1. The van der Waals surface area contributed by atoms with Crippen molar-refractivity contribution >= 4 is 5.69 Å². The van der Waals surface area contributed by atoms with Crippen LogP contribution in [0.15, 0.2) is 70.5 Å². The van der Waals surface area contributed by atoms with Gasteiger partial charge in [-0.15, -0.1) is 10.2 Å². The van der Waals surface area contributed by atoms with Gasteiger partial charge in [0.25, 0.3) is 0 Å². The van der Waals surface area contributed by atoms with Crippen molar-refractivity contribution in [1.29, 1.82) is 0 Å². The lowest BCUT2D eigenvalue weighted by Crippen LogP contribution is -2.10. The highest BCUT2D eigenvalue weighted by atomic mass is 16.3. The largest absolute Gasteiger partial charge is 0.492 e. The van der Waals surface area contributed by atoms with Crippen molar-refractivity contribution < 1.29 is 5.11 Å². The van der Waals surface area contributed by atoms with E-state index in [1.165, 1.54) is 5.56 Å². The molecule has 0 fully saturated rings. The first kappa shape index (κ1) is 13.1. The van der Waals surface area contributed by atoms with Crippen molar-refractivity contribution in [2.75, 3.05) is 6.54 Å². The number of rotatable bonds is 3. The topological polar surface area (TPSA) is 48.2 Å². The Morgan fingerprint density at radius 1 is 1.16 bits per heavy atom. The molecule has 0 atom stereocenters. The third kappa shape index (κ3) is 3.55. The minimum Gasteiger partial charge on any atom is -0.492 e. The molecular formula is C15H17N3O. The molecule has 0 aromatic heterocycles. The molecule has 0 bridgehead atoms. The maximum Gasteiger partial charge on any atom is 0.238 e. The summed E-state index contributed by atoms with van der Waals surface area (Å²) in [7, 11) is 0. The quantitative estimate of drug-likeness (QED) is 0.649. The highest BCUT2D eigenvalue weighted by Gasteiger charge is 2.03. The Morgan fingerprint density at radius 3 is 2.37 bits per heavy atom. The van der Waals surface area contributed by atoms with Gasteiger partial charge >= 0.3 is 0 Å². The highest BCUT2D eigenvalue weighted by molar-refractivity contribution is 5.39. The van der Waals surface area contributed by atoms with Crippen LogP contribution in [-0.4, -0.2) is 16.6 Å². The van der Waals surface area contributed by atoms with Gasteiger partial charge in [-0.25, -0.2) is 0 Å². The third-order valence-electron chi connectivity index (χ3n) is 2.81. The van der Waals surface area contributed by atoms with Gasteiger partial charge < -0.3 is 10.0 Å². The molecule has 0 spiro atoms. The van der Waals surface area contributed by atoms with Crippen molar-refractivity contribution in [3.05, 3.63) is 65.8 Å². The summed E-state index contributed by atoms with van der Waals surface area (Å²) in [6.07, 6.45) is 7.42. The summed E-state index contributed by atoms with van der Waals surface area (Å²) >= 11 is 0. The molecule has 2 rings (SSSR count). The van der Waals surface area contributed by atoms with Gasteiger partial charge in [0.15, 0.2) is 0 Å². The molecule has 1 aliphatic heterocycles. The second-order valence-corrected chi connectivity index (χ2v) is 4.28. The van der Waals surface area contributed by atoms with E-state index >= 15 is 0 Å². The first-order valence-electron chi connectivity index (χ1n) is 6.23. The lowest BCUT2D eigenvalue weighted by atomic mass is 10.2.